The van der Waals surface area contributed by atoms with Gasteiger partial charge in [0.2, 0.25) is 0 Å². The molecule has 6 heteroatoms. The summed E-state index contributed by atoms with van der Waals surface area (Å²) in [4.78, 5) is 12.4. The van der Waals surface area contributed by atoms with Crippen molar-refractivity contribution >= 4 is 29.1 Å². The Hall–Kier alpha value is -3.07. The van der Waals surface area contributed by atoms with E-state index in [2.05, 4.69) is 0 Å². The van der Waals surface area contributed by atoms with Crippen molar-refractivity contribution < 1.29 is 26.0 Å². The van der Waals surface area contributed by atoms with Crippen molar-refractivity contribution in [3.8, 4) is 11.1 Å². The molecule has 0 aliphatic carbocycles. The van der Waals surface area contributed by atoms with Crippen molar-refractivity contribution in [1.29, 1.82) is 0 Å². The fourth-order valence-corrected chi connectivity index (χ4v) is 8.20. The van der Waals surface area contributed by atoms with Gasteiger partial charge in [-0.1, -0.05) is 54.6 Å². The molecule has 4 aromatic carbocycles. The first-order valence-electron chi connectivity index (χ1n) is 9.85. The third-order valence-electron chi connectivity index (χ3n) is 5.32. The van der Waals surface area contributed by atoms with Crippen LogP contribution in [0.1, 0.15) is 0 Å². The second-order valence-electron chi connectivity index (χ2n) is 7.25. The number of halogens is 3. The smallest absolute Gasteiger partial charge is 0.256 e. The van der Waals surface area contributed by atoms with Crippen LogP contribution in [-0.2, 0) is 4.79 Å². The summed E-state index contributed by atoms with van der Waals surface area (Å²) in [5.74, 6) is -1.72. The molecule has 0 saturated carbocycles. The van der Waals surface area contributed by atoms with Gasteiger partial charge in [0.1, 0.15) is 34.8 Å². The lowest BCUT2D eigenvalue weighted by molar-refractivity contribution is -0.115. The number of amides is 1. The van der Waals surface area contributed by atoms with Crippen molar-refractivity contribution in [3.63, 3.8) is 0 Å². The van der Waals surface area contributed by atoms with Gasteiger partial charge in [-0.05, 0) is 42.5 Å². The van der Waals surface area contributed by atoms with Gasteiger partial charge in [0.15, 0.2) is 6.16 Å². The van der Waals surface area contributed by atoms with E-state index in [0.29, 0.717) is 5.56 Å². The first kappa shape index (κ1) is 23.6. The second kappa shape index (κ2) is 10.0. The Morgan fingerprint density at radius 2 is 1.25 bits per heavy atom. The Kier molecular flexibility index (Phi) is 7.40. The van der Waals surface area contributed by atoms with E-state index in [4.69, 9.17) is 5.73 Å². The molecule has 2 nitrogen and oxygen atoms in total. The van der Waals surface area contributed by atoms with Gasteiger partial charge in [-0.2, -0.15) is 0 Å². The van der Waals surface area contributed by atoms with E-state index in [0.717, 1.165) is 22.0 Å². The Morgan fingerprint density at radius 3 is 1.78 bits per heavy atom. The average Bonchev–Trinajstić information content (AvgIpc) is 2.79. The highest BCUT2D eigenvalue weighted by molar-refractivity contribution is 7.96. The summed E-state index contributed by atoms with van der Waals surface area (Å²) >= 11 is 0. The molecule has 1 amide bonds. The van der Waals surface area contributed by atoms with Crippen molar-refractivity contribution in [2.45, 2.75) is 0 Å². The standard InChI is InChI=1S/C26H20F2NOP.ClH/c27-19-15-16-22(24(28)17-19)23-13-7-8-14-25(23)31(18-26(29)30,20-9-3-1-4-10-20)21-11-5-2-6-12-21;/h1-17H,18H2,(H-,29,30);1H. The molecule has 0 aliphatic heterocycles. The van der Waals surface area contributed by atoms with Crippen LogP contribution in [0.15, 0.2) is 103 Å². The van der Waals surface area contributed by atoms with E-state index in [9.17, 15) is 13.6 Å². The number of primary amides is 1. The van der Waals surface area contributed by atoms with E-state index in [1.165, 1.54) is 12.1 Å². The number of hydrogen-bond acceptors (Lipinski definition) is 1. The molecule has 0 aliphatic rings. The van der Waals surface area contributed by atoms with Crippen LogP contribution < -0.4 is 34.1 Å². The minimum Gasteiger partial charge on any atom is -1.00 e. The van der Waals surface area contributed by atoms with E-state index >= 15 is 0 Å². The molecule has 2 N–H and O–H groups in total. The number of carbonyl (C=O) groups is 1. The molecule has 0 heterocycles. The Bertz CT molecular complexity index is 1180. The van der Waals surface area contributed by atoms with Gasteiger partial charge in [0.25, 0.3) is 5.91 Å². The Balaban J connectivity index is 0.00000289. The summed E-state index contributed by atoms with van der Waals surface area (Å²) in [7, 11) is -2.58. The lowest BCUT2D eigenvalue weighted by atomic mass is 10.1. The van der Waals surface area contributed by atoms with Crippen LogP contribution in [0.4, 0.5) is 8.78 Å². The number of carbonyl (C=O) groups excluding carboxylic acids is 1. The van der Waals surface area contributed by atoms with E-state index < -0.39 is 24.8 Å². The largest absolute Gasteiger partial charge is 1.00 e. The predicted octanol–water partition coefficient (Wildman–Crippen LogP) is 1.41. The monoisotopic (exact) mass is 467 g/mol. The number of hydrogen-bond donors (Lipinski definition) is 1. The van der Waals surface area contributed by atoms with Gasteiger partial charge in [-0.25, -0.2) is 8.78 Å². The summed E-state index contributed by atoms with van der Waals surface area (Å²) in [6, 6.07) is 30.5. The highest BCUT2D eigenvalue weighted by Gasteiger charge is 2.48. The van der Waals surface area contributed by atoms with Crippen LogP contribution in [0.25, 0.3) is 11.1 Å². The van der Waals surface area contributed by atoms with Crippen LogP contribution in [0.3, 0.4) is 0 Å². The van der Waals surface area contributed by atoms with Gasteiger partial charge in [0.05, 0.1) is 0 Å². The maximum Gasteiger partial charge on any atom is 0.256 e. The zero-order valence-corrected chi connectivity index (χ0v) is 18.7. The van der Waals surface area contributed by atoms with Crippen LogP contribution in [0.5, 0.6) is 0 Å². The molecule has 4 rings (SSSR count). The van der Waals surface area contributed by atoms with Gasteiger partial charge in [-0.15, -0.1) is 0 Å². The lowest BCUT2D eigenvalue weighted by Gasteiger charge is -2.28. The predicted molar refractivity (Wildman–Crippen MR) is 125 cm³/mol. The van der Waals surface area contributed by atoms with Gasteiger partial charge >= 0.3 is 0 Å². The molecular weight excluding hydrogens is 447 g/mol. The normalized spacial score (nSPS) is 10.9. The quantitative estimate of drug-likeness (QED) is 0.428. The SMILES string of the molecule is NC(=O)C[P+](c1ccccc1)(c1ccccc1)c1ccccc1-c1ccc(F)cc1F.[Cl-]. The van der Waals surface area contributed by atoms with Crippen molar-refractivity contribution in [1.82, 2.24) is 0 Å². The first-order chi connectivity index (χ1) is 15.0. The zero-order valence-electron chi connectivity index (χ0n) is 17.1. The highest BCUT2D eigenvalue weighted by Crippen LogP contribution is 2.56. The third-order valence-corrected chi connectivity index (χ3v) is 9.68. The van der Waals surface area contributed by atoms with Crippen molar-refractivity contribution in [3.05, 3.63) is 115 Å². The molecule has 0 saturated heterocycles. The molecule has 0 spiro atoms. The summed E-state index contributed by atoms with van der Waals surface area (Å²) in [6.07, 6.45) is 0.0981. The van der Waals surface area contributed by atoms with Crippen molar-refractivity contribution in [2.24, 2.45) is 5.73 Å². The van der Waals surface area contributed by atoms with E-state index in [1.807, 2.05) is 84.9 Å². The van der Waals surface area contributed by atoms with E-state index in [1.54, 1.807) is 0 Å². The Morgan fingerprint density at radius 1 is 0.719 bits per heavy atom. The maximum atomic E-state index is 14.9. The minimum atomic E-state index is -2.58. The molecule has 0 unspecified atom stereocenters. The third kappa shape index (κ3) is 4.43. The van der Waals surface area contributed by atoms with E-state index in [-0.39, 0.29) is 24.1 Å². The molecule has 0 atom stereocenters. The molecule has 32 heavy (non-hydrogen) atoms. The minimum absolute atomic E-state index is 0. The first-order valence-corrected chi connectivity index (χ1v) is 11.8. The van der Waals surface area contributed by atoms with Crippen LogP contribution in [0.2, 0.25) is 0 Å². The fraction of sp³-hybridized carbons (Fsp3) is 0.0385. The highest BCUT2D eigenvalue weighted by atomic mass is 35.5. The molecule has 0 aromatic heterocycles. The number of benzene rings is 4. The van der Waals surface area contributed by atoms with Crippen LogP contribution in [0, 0.1) is 11.6 Å². The second-order valence-corrected chi connectivity index (χ2v) is 10.7. The van der Waals surface area contributed by atoms with Crippen molar-refractivity contribution in [2.75, 3.05) is 6.16 Å². The number of rotatable bonds is 6. The molecule has 0 radical (unpaired) electrons. The summed E-state index contributed by atoms with van der Waals surface area (Å²) in [5.41, 5.74) is 6.71. The topological polar surface area (TPSA) is 43.1 Å². The molecule has 4 aromatic rings. The van der Waals surface area contributed by atoms with Gasteiger partial charge in [-0.3, -0.25) is 4.79 Å². The van der Waals surface area contributed by atoms with Gasteiger partial charge < -0.3 is 18.1 Å². The zero-order chi connectivity index (χ0) is 21.8. The van der Waals surface area contributed by atoms with Gasteiger partial charge in [0, 0.05) is 17.2 Å². The Labute approximate surface area is 192 Å². The van der Waals surface area contributed by atoms with Crippen LogP contribution >= 0.6 is 7.26 Å². The molecule has 0 fully saturated rings. The summed E-state index contributed by atoms with van der Waals surface area (Å²) < 4.78 is 28.5. The average molecular weight is 468 g/mol. The number of nitrogens with two attached hydrogens (primary N) is 1. The maximum absolute atomic E-state index is 14.9. The van der Waals surface area contributed by atoms with Crippen LogP contribution in [-0.4, -0.2) is 12.1 Å². The fourth-order valence-electron chi connectivity index (χ4n) is 4.04. The lowest BCUT2D eigenvalue weighted by Crippen LogP contribution is -3.00. The molecule has 0 bridgehead atoms. The molecular formula is C26H21ClF2NOP. The summed E-state index contributed by atoms with van der Waals surface area (Å²) in [5, 5.41) is 2.77. The summed E-state index contributed by atoms with van der Waals surface area (Å²) in [6.45, 7) is 0. The molecule has 162 valence electrons.